The molecule has 254 valence electrons. The summed E-state index contributed by atoms with van der Waals surface area (Å²) in [6.07, 6.45) is 2.95. The van der Waals surface area contributed by atoms with E-state index in [0.29, 0.717) is 0 Å². The van der Waals surface area contributed by atoms with Crippen LogP contribution in [-0.2, 0) is 19.3 Å². The van der Waals surface area contributed by atoms with Crippen molar-refractivity contribution < 1.29 is 0 Å². The fourth-order valence-electron chi connectivity index (χ4n) is 11.0. The minimum atomic E-state index is 0.961. The molecule has 0 saturated heterocycles. The SMILES string of the molecule is CCc1c(-c2ccccc2)c(-c2ccccc2)c(CC)c2c1-c1ccc3c4ccc5c6c(ccc(c7ccc-2c1c37)c64)-c1c-5cc(CC)c2ccccc12. The Morgan fingerprint density at radius 2 is 0.722 bits per heavy atom. The van der Waals surface area contributed by atoms with Crippen molar-refractivity contribution in [1.29, 1.82) is 0 Å². The number of hydrogen-bond acceptors (Lipinski definition) is 0. The molecular formula is C54H38. The lowest BCUT2D eigenvalue weighted by Crippen LogP contribution is -2.02. The van der Waals surface area contributed by atoms with Crippen molar-refractivity contribution in [1.82, 2.24) is 0 Å². The third-order valence-corrected chi connectivity index (χ3v) is 13.1. The molecule has 2 aliphatic carbocycles. The molecule has 0 fully saturated rings. The van der Waals surface area contributed by atoms with Crippen LogP contribution in [0.15, 0.2) is 140 Å². The number of fused-ring (bicyclic) bond motifs is 10. The summed E-state index contributed by atoms with van der Waals surface area (Å²) in [6, 6.07) is 53.4. The Balaban J connectivity index is 1.21. The third-order valence-electron chi connectivity index (χ3n) is 13.1. The predicted octanol–water partition coefficient (Wildman–Crippen LogP) is 15.2. The molecule has 0 nitrogen and oxygen atoms in total. The van der Waals surface area contributed by atoms with Crippen LogP contribution in [0.3, 0.4) is 0 Å². The second-order valence-corrected chi connectivity index (χ2v) is 15.4. The molecule has 0 aliphatic heterocycles. The van der Waals surface area contributed by atoms with Crippen molar-refractivity contribution in [2.45, 2.75) is 40.0 Å². The number of hydrogen-bond donors (Lipinski definition) is 0. The van der Waals surface area contributed by atoms with Crippen molar-refractivity contribution >= 4 is 53.9 Å². The molecule has 0 unspecified atom stereocenters. The second kappa shape index (κ2) is 10.9. The Bertz CT molecular complexity index is 3110. The summed E-state index contributed by atoms with van der Waals surface area (Å²) >= 11 is 0. The molecule has 10 aromatic carbocycles. The predicted molar refractivity (Wildman–Crippen MR) is 233 cm³/mol. The van der Waals surface area contributed by atoms with Crippen LogP contribution in [0, 0.1) is 0 Å². The van der Waals surface area contributed by atoms with Crippen LogP contribution in [0.1, 0.15) is 37.5 Å². The largest absolute Gasteiger partial charge is 0.0622 e. The first kappa shape index (κ1) is 30.2. The van der Waals surface area contributed by atoms with E-state index in [1.54, 1.807) is 0 Å². The van der Waals surface area contributed by atoms with E-state index in [0.717, 1.165) is 19.3 Å². The zero-order chi connectivity index (χ0) is 35.8. The molecule has 0 spiro atoms. The van der Waals surface area contributed by atoms with Gasteiger partial charge >= 0.3 is 0 Å². The van der Waals surface area contributed by atoms with Crippen molar-refractivity contribution in [2.24, 2.45) is 0 Å². The monoisotopic (exact) mass is 686 g/mol. The van der Waals surface area contributed by atoms with Gasteiger partial charge in [-0.2, -0.15) is 0 Å². The average molecular weight is 687 g/mol. The minimum absolute atomic E-state index is 0.961. The summed E-state index contributed by atoms with van der Waals surface area (Å²) in [5.41, 5.74) is 21.0. The summed E-state index contributed by atoms with van der Waals surface area (Å²) in [6.45, 7) is 6.99. The maximum atomic E-state index is 2.48. The molecule has 0 heterocycles. The van der Waals surface area contributed by atoms with Gasteiger partial charge in [0, 0.05) is 0 Å². The molecule has 0 amide bonds. The standard InChI is InChI=1S/C54H38/c1-4-30-29-45-41-22-21-37-39-24-27-43-49-33(5-2)46(31-15-9-7-10-16-31)47(32-17-11-8-12-18-32)34(6-3)50(49)44-28-25-40(52(39)54(43)44)38-23-26-42(53(41)51(37)38)48(45)36-20-14-13-19-35(30)36/h7-29H,4-6H2,1-3H3. The van der Waals surface area contributed by atoms with Crippen molar-refractivity contribution in [2.75, 3.05) is 0 Å². The van der Waals surface area contributed by atoms with Gasteiger partial charge in [0.1, 0.15) is 0 Å². The first-order valence-corrected chi connectivity index (χ1v) is 19.8. The van der Waals surface area contributed by atoms with Crippen molar-refractivity contribution in [3.63, 3.8) is 0 Å². The molecule has 0 atom stereocenters. The molecule has 0 N–H and O–H groups in total. The van der Waals surface area contributed by atoms with Gasteiger partial charge in [0.25, 0.3) is 0 Å². The molecule has 0 radical (unpaired) electrons. The van der Waals surface area contributed by atoms with Gasteiger partial charge in [-0.05, 0) is 163 Å². The maximum absolute atomic E-state index is 2.48. The van der Waals surface area contributed by atoms with Crippen LogP contribution in [-0.4, -0.2) is 0 Å². The normalized spacial score (nSPS) is 12.6. The van der Waals surface area contributed by atoms with Gasteiger partial charge in [-0.3, -0.25) is 0 Å². The highest BCUT2D eigenvalue weighted by molar-refractivity contribution is 6.40. The summed E-state index contributed by atoms with van der Waals surface area (Å²) < 4.78 is 0. The van der Waals surface area contributed by atoms with Crippen LogP contribution in [0.25, 0.3) is 121 Å². The zero-order valence-electron chi connectivity index (χ0n) is 30.9. The Morgan fingerprint density at radius 3 is 1.20 bits per heavy atom. The van der Waals surface area contributed by atoms with Crippen LogP contribution >= 0.6 is 0 Å². The Kier molecular flexibility index (Phi) is 6.11. The number of aryl methyl sites for hydroxylation is 1. The van der Waals surface area contributed by atoms with E-state index in [1.165, 1.54) is 137 Å². The molecule has 0 aromatic heterocycles. The topological polar surface area (TPSA) is 0 Å². The molecule has 2 aliphatic rings. The fraction of sp³-hybridized carbons (Fsp3) is 0.111. The van der Waals surface area contributed by atoms with Gasteiger partial charge in [-0.25, -0.2) is 0 Å². The Hall–Kier alpha value is -6.24. The van der Waals surface area contributed by atoms with Gasteiger partial charge in [-0.15, -0.1) is 0 Å². The van der Waals surface area contributed by atoms with E-state index in [2.05, 4.69) is 160 Å². The summed E-state index contributed by atoms with van der Waals surface area (Å²) in [4.78, 5) is 0. The maximum Gasteiger partial charge on any atom is -0.00137 e. The highest BCUT2D eigenvalue weighted by Crippen LogP contribution is 2.60. The molecule has 12 rings (SSSR count). The first-order valence-electron chi connectivity index (χ1n) is 19.8. The quantitative estimate of drug-likeness (QED) is 0.125. The highest BCUT2D eigenvalue weighted by Gasteiger charge is 2.34. The van der Waals surface area contributed by atoms with E-state index in [-0.39, 0.29) is 0 Å². The fourth-order valence-corrected chi connectivity index (χ4v) is 11.0. The second-order valence-electron chi connectivity index (χ2n) is 15.4. The highest BCUT2D eigenvalue weighted by atomic mass is 14.4. The minimum Gasteiger partial charge on any atom is -0.0622 e. The van der Waals surface area contributed by atoms with E-state index in [9.17, 15) is 0 Å². The third kappa shape index (κ3) is 3.64. The van der Waals surface area contributed by atoms with Crippen LogP contribution < -0.4 is 0 Å². The van der Waals surface area contributed by atoms with Crippen LogP contribution in [0.4, 0.5) is 0 Å². The van der Waals surface area contributed by atoms with Gasteiger partial charge in [-0.1, -0.05) is 154 Å². The lowest BCUT2D eigenvalue weighted by Gasteiger charge is -2.24. The average Bonchev–Trinajstić information content (AvgIpc) is 3.75. The summed E-state index contributed by atoms with van der Waals surface area (Å²) in [5, 5.41) is 13.9. The lowest BCUT2D eigenvalue weighted by molar-refractivity contribution is 1.11. The van der Waals surface area contributed by atoms with E-state index >= 15 is 0 Å². The molecule has 0 saturated carbocycles. The van der Waals surface area contributed by atoms with E-state index in [4.69, 9.17) is 0 Å². The van der Waals surface area contributed by atoms with Gasteiger partial charge < -0.3 is 0 Å². The lowest BCUT2D eigenvalue weighted by atomic mass is 9.79. The van der Waals surface area contributed by atoms with E-state index < -0.39 is 0 Å². The molecule has 54 heavy (non-hydrogen) atoms. The van der Waals surface area contributed by atoms with E-state index in [1.807, 2.05) is 0 Å². The smallest absolute Gasteiger partial charge is 0.00137 e. The van der Waals surface area contributed by atoms with Crippen LogP contribution in [0.2, 0.25) is 0 Å². The number of benzene rings is 10. The van der Waals surface area contributed by atoms with Crippen LogP contribution in [0.5, 0.6) is 0 Å². The van der Waals surface area contributed by atoms with Crippen molar-refractivity contribution in [3.05, 3.63) is 156 Å². The van der Waals surface area contributed by atoms with Gasteiger partial charge in [0.05, 0.1) is 0 Å². The Morgan fingerprint density at radius 1 is 0.296 bits per heavy atom. The number of rotatable bonds is 5. The Labute approximate surface area is 315 Å². The zero-order valence-corrected chi connectivity index (χ0v) is 30.9. The summed E-state index contributed by atoms with van der Waals surface area (Å²) in [7, 11) is 0. The first-order chi connectivity index (χ1) is 26.7. The molecular weight excluding hydrogens is 649 g/mol. The summed E-state index contributed by atoms with van der Waals surface area (Å²) in [5.74, 6) is 0. The molecule has 0 heteroatoms. The molecule has 10 aromatic rings. The van der Waals surface area contributed by atoms with Crippen molar-refractivity contribution in [3.8, 4) is 66.8 Å². The molecule has 0 bridgehead atoms. The van der Waals surface area contributed by atoms with Gasteiger partial charge in [0.2, 0.25) is 0 Å². The van der Waals surface area contributed by atoms with Gasteiger partial charge in [0.15, 0.2) is 0 Å².